The van der Waals surface area contributed by atoms with Crippen molar-refractivity contribution in [3.8, 4) is 10.8 Å². The van der Waals surface area contributed by atoms with Crippen molar-refractivity contribution >= 4 is 23.6 Å². The molecule has 0 atom stereocenters. The molecule has 2 aromatic heterocycles. The van der Waals surface area contributed by atoms with E-state index in [0.29, 0.717) is 10.7 Å². The zero-order valence-electron chi connectivity index (χ0n) is 11.0. The first-order valence-corrected chi connectivity index (χ1v) is 7.96. The smallest absolute Gasteiger partial charge is 0.292 e. The lowest BCUT2D eigenvalue weighted by atomic mass is 10.00. The van der Waals surface area contributed by atoms with Crippen molar-refractivity contribution in [3.05, 3.63) is 22.4 Å². The van der Waals surface area contributed by atoms with Crippen LogP contribution in [0.2, 0.25) is 0 Å². The Balaban J connectivity index is 1.73. The monoisotopic (exact) mass is 296 g/mol. The molecule has 2 aromatic rings. The fourth-order valence-electron chi connectivity index (χ4n) is 2.45. The van der Waals surface area contributed by atoms with E-state index in [-0.39, 0.29) is 0 Å². The highest BCUT2D eigenvalue weighted by Gasteiger charge is 2.20. The van der Waals surface area contributed by atoms with Gasteiger partial charge >= 0.3 is 0 Å². The maximum atomic E-state index is 5.59. The van der Waals surface area contributed by atoms with E-state index in [1.807, 2.05) is 22.2 Å². The second-order valence-electron chi connectivity index (χ2n) is 5.24. The fourth-order valence-corrected chi connectivity index (χ4v) is 3.27. The van der Waals surface area contributed by atoms with Gasteiger partial charge in [-0.05, 0) is 42.4 Å². The van der Waals surface area contributed by atoms with E-state index in [1.165, 1.54) is 25.9 Å². The Morgan fingerprint density at radius 3 is 3.00 bits per heavy atom. The minimum absolute atomic E-state index is 0.481. The molecule has 0 unspecified atom stereocenters. The summed E-state index contributed by atoms with van der Waals surface area (Å²) in [6.07, 6.45) is 2.58. The number of hydrogen-bond acceptors (Lipinski definition) is 4. The van der Waals surface area contributed by atoms with E-state index in [0.717, 1.165) is 17.5 Å². The Labute approximate surface area is 121 Å². The van der Waals surface area contributed by atoms with Crippen LogP contribution >= 0.6 is 23.6 Å². The molecular weight excluding hydrogens is 278 g/mol. The molecule has 19 heavy (non-hydrogen) atoms. The Morgan fingerprint density at radius 1 is 1.53 bits per heavy atom. The van der Waals surface area contributed by atoms with Gasteiger partial charge in [0.25, 0.3) is 10.7 Å². The summed E-state index contributed by atoms with van der Waals surface area (Å²) in [6, 6.07) is 4.00. The molecule has 0 spiro atoms. The predicted molar refractivity (Wildman–Crippen MR) is 77.7 cm³/mol. The van der Waals surface area contributed by atoms with Crippen LogP contribution < -0.4 is 4.90 Å². The summed E-state index contributed by atoms with van der Waals surface area (Å²) in [7, 11) is 0. The highest BCUT2D eigenvalue weighted by atomic mass is 32.1. The molecule has 102 valence electrons. The summed E-state index contributed by atoms with van der Waals surface area (Å²) in [4.78, 5) is 3.06. The molecule has 0 bridgehead atoms. The predicted octanol–water partition coefficient (Wildman–Crippen LogP) is 2.21. The molecule has 0 aromatic carbocycles. The van der Waals surface area contributed by atoms with Crippen LogP contribution in [0.1, 0.15) is 19.8 Å². The van der Waals surface area contributed by atoms with Crippen LogP contribution in [0.25, 0.3) is 10.8 Å². The van der Waals surface area contributed by atoms with Crippen LogP contribution in [0, 0.1) is 10.8 Å². The minimum atomic E-state index is 0.481. The molecule has 1 aliphatic rings. The van der Waals surface area contributed by atoms with Crippen LogP contribution in [0.3, 0.4) is 0 Å². The van der Waals surface area contributed by atoms with Crippen LogP contribution in [0.5, 0.6) is 0 Å². The molecule has 0 radical (unpaired) electrons. The molecule has 0 aliphatic carbocycles. The highest BCUT2D eigenvalue weighted by molar-refractivity contribution is 7.71. The maximum absolute atomic E-state index is 5.59. The molecule has 3 heterocycles. The first kappa shape index (κ1) is 13.0. The number of nitrogens with zero attached hydrogens (tertiary/aromatic N) is 2. The average molecular weight is 296 g/mol. The first-order valence-electron chi connectivity index (χ1n) is 6.68. The fraction of sp³-hybridized carbons (Fsp3) is 0.538. The Kier molecular flexibility index (Phi) is 3.81. The second-order valence-corrected chi connectivity index (χ2v) is 6.54. The SMILES string of the molecule is CC1CC[NH+](Cn2nc(-c3cccs3)oc2=S)CC1. The molecule has 1 saturated heterocycles. The zero-order chi connectivity index (χ0) is 13.2. The van der Waals surface area contributed by atoms with Crippen molar-refractivity contribution in [2.45, 2.75) is 26.4 Å². The van der Waals surface area contributed by atoms with Crippen LogP contribution in [-0.2, 0) is 6.67 Å². The quantitative estimate of drug-likeness (QED) is 0.882. The molecule has 3 rings (SSSR count). The van der Waals surface area contributed by atoms with Crippen LogP contribution in [0.15, 0.2) is 21.9 Å². The topological polar surface area (TPSA) is 35.4 Å². The average Bonchev–Trinajstić information content (AvgIpc) is 3.03. The highest BCUT2D eigenvalue weighted by Crippen LogP contribution is 2.22. The third-order valence-electron chi connectivity index (χ3n) is 3.69. The summed E-state index contributed by atoms with van der Waals surface area (Å²) < 4.78 is 7.41. The van der Waals surface area contributed by atoms with Crippen molar-refractivity contribution in [3.63, 3.8) is 0 Å². The number of hydrogen-bond donors (Lipinski definition) is 1. The van der Waals surface area contributed by atoms with E-state index >= 15 is 0 Å². The van der Waals surface area contributed by atoms with Crippen molar-refractivity contribution < 1.29 is 9.32 Å². The van der Waals surface area contributed by atoms with Crippen molar-refractivity contribution in [1.82, 2.24) is 9.78 Å². The third-order valence-corrected chi connectivity index (χ3v) is 4.84. The first-order chi connectivity index (χ1) is 9.22. The molecule has 1 fully saturated rings. The van der Waals surface area contributed by atoms with Crippen LogP contribution in [-0.4, -0.2) is 22.9 Å². The summed E-state index contributed by atoms with van der Waals surface area (Å²) in [5.41, 5.74) is 0. The van der Waals surface area contributed by atoms with Crippen LogP contribution in [0.4, 0.5) is 0 Å². The number of piperidine rings is 1. The van der Waals surface area contributed by atoms with Gasteiger partial charge in [-0.2, -0.15) is 4.68 Å². The number of nitrogens with one attached hydrogen (secondary N) is 1. The van der Waals surface area contributed by atoms with Crippen molar-refractivity contribution in [2.75, 3.05) is 13.1 Å². The van der Waals surface area contributed by atoms with Gasteiger partial charge in [0.2, 0.25) is 0 Å². The number of quaternary nitrogens is 1. The minimum Gasteiger partial charge on any atom is -0.408 e. The van der Waals surface area contributed by atoms with Gasteiger partial charge in [-0.25, -0.2) is 0 Å². The summed E-state index contributed by atoms with van der Waals surface area (Å²) in [5.74, 6) is 1.50. The summed E-state index contributed by atoms with van der Waals surface area (Å²) in [6.45, 7) is 5.54. The van der Waals surface area contributed by atoms with E-state index < -0.39 is 0 Å². The summed E-state index contributed by atoms with van der Waals surface area (Å²) in [5, 5.41) is 6.52. The Bertz CT molecular complexity index is 579. The van der Waals surface area contributed by atoms with Gasteiger partial charge in [-0.1, -0.05) is 13.0 Å². The Hall–Kier alpha value is -0.980. The standard InChI is InChI=1S/C13H17N3OS2/c1-10-4-6-15(7-5-10)9-16-13(18)17-12(14-16)11-3-2-8-19-11/h2-3,8,10H,4-7,9H2,1H3/p+1. The van der Waals surface area contributed by atoms with Crippen molar-refractivity contribution in [2.24, 2.45) is 5.92 Å². The number of aromatic nitrogens is 2. The molecule has 4 nitrogen and oxygen atoms in total. The molecule has 0 amide bonds. The van der Waals surface area contributed by atoms with Gasteiger partial charge in [-0.15, -0.1) is 16.4 Å². The van der Waals surface area contributed by atoms with Gasteiger partial charge in [0.1, 0.15) is 0 Å². The van der Waals surface area contributed by atoms with Gasteiger partial charge in [0.05, 0.1) is 18.0 Å². The Morgan fingerprint density at radius 2 is 2.32 bits per heavy atom. The van der Waals surface area contributed by atoms with Gasteiger partial charge < -0.3 is 9.32 Å². The van der Waals surface area contributed by atoms with Gasteiger partial charge in [0.15, 0.2) is 6.67 Å². The molecule has 6 heteroatoms. The number of thiophene rings is 1. The van der Waals surface area contributed by atoms with E-state index in [2.05, 4.69) is 12.0 Å². The third kappa shape index (κ3) is 2.96. The molecule has 1 aliphatic heterocycles. The lowest BCUT2D eigenvalue weighted by molar-refractivity contribution is -0.929. The number of rotatable bonds is 3. The van der Waals surface area contributed by atoms with Gasteiger partial charge in [-0.3, -0.25) is 0 Å². The van der Waals surface area contributed by atoms with E-state index in [1.54, 1.807) is 16.2 Å². The molecular formula is C13H18N3OS2+. The van der Waals surface area contributed by atoms with Gasteiger partial charge in [0, 0.05) is 0 Å². The zero-order valence-corrected chi connectivity index (χ0v) is 12.6. The van der Waals surface area contributed by atoms with E-state index in [4.69, 9.17) is 16.6 Å². The molecule has 1 N–H and O–H groups in total. The number of likely N-dealkylation sites (tertiary alicyclic amines) is 1. The molecule has 0 saturated carbocycles. The summed E-state index contributed by atoms with van der Waals surface area (Å²) >= 11 is 6.89. The van der Waals surface area contributed by atoms with Crippen molar-refractivity contribution in [1.29, 1.82) is 0 Å². The van der Waals surface area contributed by atoms with E-state index in [9.17, 15) is 0 Å². The second kappa shape index (κ2) is 5.56. The lowest BCUT2D eigenvalue weighted by Gasteiger charge is -2.26. The maximum Gasteiger partial charge on any atom is 0.292 e. The largest absolute Gasteiger partial charge is 0.408 e. The normalized spacial score (nSPS) is 23.6. The lowest BCUT2D eigenvalue weighted by Crippen LogP contribution is -3.12.